The van der Waals surface area contributed by atoms with Gasteiger partial charge in [0, 0.05) is 13.1 Å². The molecule has 3 fully saturated rings. The molecule has 3 unspecified atom stereocenters. The first kappa shape index (κ1) is 18.0. The fourth-order valence-corrected chi connectivity index (χ4v) is 4.32. The van der Waals surface area contributed by atoms with E-state index in [0.717, 1.165) is 12.3 Å². The van der Waals surface area contributed by atoms with Crippen molar-refractivity contribution in [3.63, 3.8) is 0 Å². The molecule has 0 aromatic carbocycles. The summed E-state index contributed by atoms with van der Waals surface area (Å²) in [5, 5.41) is 15.3. The minimum absolute atomic E-state index is 0.0106. The molecule has 2 bridgehead atoms. The zero-order valence-electron chi connectivity index (χ0n) is 15.8. The first-order chi connectivity index (χ1) is 14.2. The minimum atomic E-state index is -0.771. The molecule has 0 spiro atoms. The van der Waals surface area contributed by atoms with Gasteiger partial charge in [-0.3, -0.25) is 5.32 Å². The van der Waals surface area contributed by atoms with Crippen LogP contribution < -0.4 is 19.7 Å². The molecule has 2 aliphatic carbocycles. The first-order valence-electron chi connectivity index (χ1n) is 9.83. The van der Waals surface area contributed by atoms with Crippen LogP contribution in [0.15, 0.2) is 6.20 Å². The van der Waals surface area contributed by atoms with Crippen molar-refractivity contribution in [3.8, 4) is 11.6 Å². The van der Waals surface area contributed by atoms with Crippen LogP contribution in [0.25, 0.3) is 0 Å². The number of nitrogens with one attached hydrogen (secondary N) is 2. The van der Waals surface area contributed by atoms with Gasteiger partial charge in [0.2, 0.25) is 11.7 Å². The van der Waals surface area contributed by atoms with Crippen LogP contribution in [0.3, 0.4) is 0 Å². The summed E-state index contributed by atoms with van der Waals surface area (Å²) in [6.45, 7) is 2.65. The van der Waals surface area contributed by atoms with E-state index in [1.165, 1.54) is 25.5 Å². The highest BCUT2D eigenvalue weighted by atomic mass is 16.6. The number of amides is 1. The Bertz CT molecular complexity index is 857. The van der Waals surface area contributed by atoms with Crippen LogP contribution in [0.2, 0.25) is 0 Å². The molecule has 5 rings (SSSR count). The number of anilines is 2. The fraction of sp³-hybridized carbons (Fsp3) is 0.647. The lowest BCUT2D eigenvalue weighted by Gasteiger charge is -2.28. The molecule has 3 aliphatic rings. The van der Waals surface area contributed by atoms with Gasteiger partial charge in [0.05, 0.1) is 19.4 Å². The second kappa shape index (κ2) is 7.78. The summed E-state index contributed by atoms with van der Waals surface area (Å²) in [6, 6.07) is 0. The van der Waals surface area contributed by atoms with Gasteiger partial charge in [0.25, 0.3) is 11.8 Å². The molecule has 2 aromatic rings. The summed E-state index contributed by atoms with van der Waals surface area (Å²) in [5.74, 6) is 2.24. The SMILES string of the molecule is O=C(Nc1nn[nH]n1)Oc1cnc(N2CCOCC2)nc1OC1CC2CCC1C2. The number of aromatic amines is 1. The second-order valence-corrected chi connectivity index (χ2v) is 7.52. The van der Waals surface area contributed by atoms with E-state index < -0.39 is 6.09 Å². The van der Waals surface area contributed by atoms with Gasteiger partial charge in [-0.25, -0.2) is 9.78 Å². The zero-order valence-corrected chi connectivity index (χ0v) is 15.8. The molecule has 2 saturated carbocycles. The van der Waals surface area contributed by atoms with E-state index in [1.807, 2.05) is 4.90 Å². The molecule has 3 heterocycles. The standard InChI is InChI=1S/C17H22N8O4/c26-17(20-15-21-23-24-22-15)29-13-9-18-16(25-3-5-27-6-4-25)19-14(13)28-12-8-10-1-2-11(12)7-10/h9-12H,1-8H2,(H2,20,21,22,23,24,26). The molecule has 12 heteroatoms. The summed E-state index contributed by atoms with van der Waals surface area (Å²) in [4.78, 5) is 23.2. The Hall–Kier alpha value is -3.02. The highest BCUT2D eigenvalue weighted by molar-refractivity contribution is 5.84. The third-order valence-corrected chi connectivity index (χ3v) is 5.70. The van der Waals surface area contributed by atoms with Crippen LogP contribution in [0.4, 0.5) is 16.7 Å². The number of aromatic nitrogens is 6. The van der Waals surface area contributed by atoms with Crippen LogP contribution >= 0.6 is 0 Å². The van der Waals surface area contributed by atoms with Crippen LogP contribution in [0, 0.1) is 11.8 Å². The number of fused-ring (bicyclic) bond motifs is 2. The van der Waals surface area contributed by atoms with E-state index in [0.29, 0.717) is 38.2 Å². The van der Waals surface area contributed by atoms with Crippen LogP contribution in [0.5, 0.6) is 11.6 Å². The number of ether oxygens (including phenoxy) is 3. The molecule has 0 radical (unpaired) electrons. The van der Waals surface area contributed by atoms with Crippen molar-refractivity contribution in [1.29, 1.82) is 0 Å². The zero-order chi connectivity index (χ0) is 19.6. The number of nitrogens with zero attached hydrogens (tertiary/aromatic N) is 6. The largest absolute Gasteiger partial charge is 0.471 e. The number of carbonyl (C=O) groups excluding carboxylic acids is 1. The highest BCUT2D eigenvalue weighted by Crippen LogP contribution is 2.46. The molecule has 154 valence electrons. The first-order valence-corrected chi connectivity index (χ1v) is 9.83. The Kier molecular flexibility index (Phi) is 4.84. The van der Waals surface area contributed by atoms with Gasteiger partial charge in [0.15, 0.2) is 0 Å². The monoisotopic (exact) mass is 402 g/mol. The van der Waals surface area contributed by atoms with Crippen LogP contribution in [-0.2, 0) is 4.74 Å². The lowest BCUT2D eigenvalue weighted by Crippen LogP contribution is -2.37. The van der Waals surface area contributed by atoms with Gasteiger partial charge in [0.1, 0.15) is 6.10 Å². The molecule has 1 saturated heterocycles. The summed E-state index contributed by atoms with van der Waals surface area (Å²) in [6.07, 6.45) is 5.43. The lowest BCUT2D eigenvalue weighted by molar-refractivity contribution is 0.119. The number of tetrazole rings is 1. The average Bonchev–Trinajstić information content (AvgIpc) is 3.49. The van der Waals surface area contributed by atoms with Crippen molar-refractivity contribution in [2.24, 2.45) is 11.8 Å². The summed E-state index contributed by atoms with van der Waals surface area (Å²) >= 11 is 0. The fourth-order valence-electron chi connectivity index (χ4n) is 4.32. The summed E-state index contributed by atoms with van der Waals surface area (Å²) < 4.78 is 17.0. The Morgan fingerprint density at radius 2 is 2.17 bits per heavy atom. The summed E-state index contributed by atoms with van der Waals surface area (Å²) in [5.41, 5.74) is 0. The third kappa shape index (κ3) is 3.92. The van der Waals surface area contributed by atoms with Crippen molar-refractivity contribution < 1.29 is 19.0 Å². The average molecular weight is 402 g/mol. The normalized spacial score (nSPS) is 25.8. The minimum Gasteiger partial charge on any atom is -0.471 e. The Morgan fingerprint density at radius 1 is 1.28 bits per heavy atom. The lowest BCUT2D eigenvalue weighted by atomic mass is 9.98. The van der Waals surface area contributed by atoms with Crippen molar-refractivity contribution in [1.82, 2.24) is 30.6 Å². The van der Waals surface area contributed by atoms with E-state index in [1.54, 1.807) is 0 Å². The maximum Gasteiger partial charge on any atom is 0.419 e. The predicted molar refractivity (Wildman–Crippen MR) is 98.8 cm³/mol. The van der Waals surface area contributed by atoms with Gasteiger partial charge in [-0.2, -0.15) is 10.2 Å². The van der Waals surface area contributed by atoms with E-state index in [-0.39, 0.29) is 23.7 Å². The molecule has 2 N–H and O–H groups in total. The maximum atomic E-state index is 12.2. The van der Waals surface area contributed by atoms with Gasteiger partial charge in [-0.1, -0.05) is 5.10 Å². The number of morpholine rings is 1. The quantitative estimate of drug-likeness (QED) is 0.744. The topological polar surface area (TPSA) is 140 Å². The maximum absolute atomic E-state index is 12.2. The number of rotatable bonds is 5. The van der Waals surface area contributed by atoms with Gasteiger partial charge >= 0.3 is 6.09 Å². The highest BCUT2D eigenvalue weighted by Gasteiger charge is 2.41. The van der Waals surface area contributed by atoms with Crippen molar-refractivity contribution in [3.05, 3.63) is 6.20 Å². The van der Waals surface area contributed by atoms with Crippen molar-refractivity contribution in [2.45, 2.75) is 31.8 Å². The van der Waals surface area contributed by atoms with E-state index in [4.69, 9.17) is 14.2 Å². The molecule has 3 atom stereocenters. The summed E-state index contributed by atoms with van der Waals surface area (Å²) in [7, 11) is 0. The molecule has 1 aliphatic heterocycles. The van der Waals surface area contributed by atoms with E-state index >= 15 is 0 Å². The molecule has 1 amide bonds. The molecule has 29 heavy (non-hydrogen) atoms. The number of hydrogen-bond donors (Lipinski definition) is 2. The van der Waals surface area contributed by atoms with Gasteiger partial charge < -0.3 is 19.1 Å². The molecule has 12 nitrogen and oxygen atoms in total. The molecular formula is C17H22N8O4. The van der Waals surface area contributed by atoms with Crippen molar-refractivity contribution >= 4 is 18.0 Å². The Balaban J connectivity index is 1.35. The van der Waals surface area contributed by atoms with E-state index in [9.17, 15) is 4.79 Å². The number of hydrogen-bond acceptors (Lipinski definition) is 10. The van der Waals surface area contributed by atoms with Crippen LogP contribution in [0.1, 0.15) is 25.7 Å². The smallest absolute Gasteiger partial charge is 0.419 e. The van der Waals surface area contributed by atoms with Gasteiger partial charge in [-0.05, 0) is 42.7 Å². The van der Waals surface area contributed by atoms with Crippen molar-refractivity contribution in [2.75, 3.05) is 36.5 Å². The molecular weight excluding hydrogens is 380 g/mol. The van der Waals surface area contributed by atoms with E-state index in [2.05, 4.69) is 35.9 Å². The van der Waals surface area contributed by atoms with Gasteiger partial charge in [-0.15, -0.1) is 5.10 Å². The number of H-pyrrole nitrogens is 1. The van der Waals surface area contributed by atoms with Crippen LogP contribution in [-0.4, -0.2) is 69.1 Å². The second-order valence-electron chi connectivity index (χ2n) is 7.52. The third-order valence-electron chi connectivity index (χ3n) is 5.70. The predicted octanol–water partition coefficient (Wildman–Crippen LogP) is 1.00. The Labute approximate surface area is 166 Å². The Morgan fingerprint density at radius 3 is 2.90 bits per heavy atom. The number of carbonyl (C=O) groups is 1. The molecule has 2 aromatic heterocycles.